The lowest BCUT2D eigenvalue weighted by molar-refractivity contribution is -0.128. The largest absolute Gasteiger partial charge is 0.392 e. The fourth-order valence-electron chi connectivity index (χ4n) is 4.19. The van der Waals surface area contributed by atoms with E-state index in [1.165, 1.54) is 18.2 Å². The normalized spacial score (nSPS) is 26.7. The molecule has 170 valence electrons. The van der Waals surface area contributed by atoms with Gasteiger partial charge in [-0.05, 0) is 56.0 Å². The summed E-state index contributed by atoms with van der Waals surface area (Å²) in [7, 11) is 0. The van der Waals surface area contributed by atoms with E-state index in [1.807, 2.05) is 18.7 Å². The minimum atomic E-state index is -0.501. The second kappa shape index (κ2) is 10.7. The Morgan fingerprint density at radius 3 is 2.87 bits per heavy atom. The highest BCUT2D eigenvalue weighted by molar-refractivity contribution is 6.30. The lowest BCUT2D eigenvalue weighted by Crippen LogP contribution is -2.56. The molecule has 2 aliphatic rings. The van der Waals surface area contributed by atoms with Crippen LogP contribution >= 0.6 is 11.6 Å². The van der Waals surface area contributed by atoms with Crippen LogP contribution in [0, 0.1) is 11.7 Å². The zero-order valence-electron chi connectivity index (χ0n) is 18.1. The maximum Gasteiger partial charge on any atom is 0.237 e. The van der Waals surface area contributed by atoms with Crippen molar-refractivity contribution in [3.8, 4) is 0 Å². The van der Waals surface area contributed by atoms with Gasteiger partial charge < -0.3 is 10.4 Å². The van der Waals surface area contributed by atoms with Crippen molar-refractivity contribution < 1.29 is 19.1 Å². The number of amides is 1. The molecular weight excluding hydrogens is 421 g/mol. The number of benzene rings is 1. The van der Waals surface area contributed by atoms with Crippen LogP contribution < -0.4 is 5.32 Å². The second-order valence-electron chi connectivity index (χ2n) is 8.54. The molecule has 1 amide bonds. The van der Waals surface area contributed by atoms with Crippen LogP contribution in [0.4, 0.5) is 4.39 Å². The molecule has 0 bridgehead atoms. The van der Waals surface area contributed by atoms with Crippen LogP contribution in [0.1, 0.15) is 32.3 Å². The number of piperidine rings is 1. The number of halogens is 2. The zero-order chi connectivity index (χ0) is 22.5. The molecule has 0 aromatic heterocycles. The van der Waals surface area contributed by atoms with Gasteiger partial charge in [-0.15, -0.1) is 0 Å². The van der Waals surface area contributed by atoms with Crippen molar-refractivity contribution in [3.05, 3.63) is 40.7 Å². The Morgan fingerprint density at radius 1 is 1.39 bits per heavy atom. The molecular formula is C23H31ClFN3O3. The molecule has 4 atom stereocenters. The minimum Gasteiger partial charge on any atom is -0.392 e. The summed E-state index contributed by atoms with van der Waals surface area (Å²) in [6, 6.07) is 3.70. The summed E-state index contributed by atoms with van der Waals surface area (Å²) in [5.74, 6) is -0.366. The summed E-state index contributed by atoms with van der Waals surface area (Å²) in [4.78, 5) is 29.3. The Hall–Kier alpha value is -1.80. The zero-order valence-corrected chi connectivity index (χ0v) is 18.8. The fourth-order valence-corrected chi connectivity index (χ4v) is 4.38. The van der Waals surface area contributed by atoms with Crippen molar-refractivity contribution in [1.82, 2.24) is 15.1 Å². The third kappa shape index (κ3) is 6.13. The predicted octanol–water partition coefficient (Wildman–Crippen LogP) is 2.34. The molecule has 0 saturated carbocycles. The summed E-state index contributed by atoms with van der Waals surface area (Å²) in [5.41, 5.74) is 0.645. The monoisotopic (exact) mass is 451 g/mol. The number of likely N-dealkylation sites (tertiary alicyclic amines) is 1. The molecule has 0 spiro atoms. The SMILES string of the molecule is CC1C(=O)NCCN1CCC(C(=O)/C=C/c1ccc(F)c(Cl)c1)N1CC[C@H](C)[C@H](O)C1. The summed E-state index contributed by atoms with van der Waals surface area (Å²) >= 11 is 5.84. The highest BCUT2D eigenvalue weighted by Crippen LogP contribution is 2.22. The van der Waals surface area contributed by atoms with Crippen LogP contribution in [0.3, 0.4) is 0 Å². The van der Waals surface area contributed by atoms with E-state index in [2.05, 4.69) is 10.2 Å². The van der Waals surface area contributed by atoms with Gasteiger partial charge in [0.2, 0.25) is 5.91 Å². The molecule has 2 aliphatic heterocycles. The minimum absolute atomic E-state index is 0.00410. The number of piperazine rings is 1. The van der Waals surface area contributed by atoms with Gasteiger partial charge in [-0.1, -0.05) is 30.7 Å². The van der Waals surface area contributed by atoms with Gasteiger partial charge in [-0.2, -0.15) is 0 Å². The third-order valence-corrected chi connectivity index (χ3v) is 6.71. The highest BCUT2D eigenvalue weighted by Gasteiger charge is 2.33. The van der Waals surface area contributed by atoms with E-state index in [1.54, 1.807) is 12.1 Å². The van der Waals surface area contributed by atoms with Gasteiger partial charge in [-0.3, -0.25) is 19.4 Å². The first-order chi connectivity index (χ1) is 14.8. The molecule has 8 heteroatoms. The molecule has 0 radical (unpaired) electrons. The van der Waals surface area contributed by atoms with Crippen LogP contribution in [0.5, 0.6) is 0 Å². The van der Waals surface area contributed by atoms with E-state index in [4.69, 9.17) is 11.6 Å². The summed E-state index contributed by atoms with van der Waals surface area (Å²) in [6.07, 6.45) is 4.06. The van der Waals surface area contributed by atoms with Crippen molar-refractivity contribution in [3.63, 3.8) is 0 Å². The van der Waals surface area contributed by atoms with E-state index in [0.29, 0.717) is 31.6 Å². The molecule has 2 N–H and O–H groups in total. The van der Waals surface area contributed by atoms with Crippen LogP contribution in [0.2, 0.25) is 5.02 Å². The van der Waals surface area contributed by atoms with Crippen molar-refractivity contribution in [2.45, 2.75) is 44.9 Å². The van der Waals surface area contributed by atoms with Gasteiger partial charge in [0.15, 0.2) is 5.78 Å². The summed E-state index contributed by atoms with van der Waals surface area (Å²) in [5, 5.41) is 13.2. The number of nitrogens with zero attached hydrogens (tertiary/aromatic N) is 2. The number of ketones is 1. The smallest absolute Gasteiger partial charge is 0.237 e. The standard InChI is InChI=1S/C23H31ClFN3O3/c1-15-7-10-28(14-22(15)30)20(8-11-27-12-9-26-23(31)16(27)2)21(29)6-4-17-3-5-19(25)18(24)13-17/h3-6,13,15-16,20,22,30H,7-12,14H2,1-2H3,(H,26,31)/b6-4+/t15-,16?,20?,22+/m0/s1. The molecule has 1 aromatic rings. The molecule has 3 rings (SSSR count). The van der Waals surface area contributed by atoms with Gasteiger partial charge in [-0.25, -0.2) is 4.39 Å². The first-order valence-corrected chi connectivity index (χ1v) is 11.2. The molecule has 2 unspecified atom stereocenters. The van der Waals surface area contributed by atoms with E-state index in [-0.39, 0.29) is 28.7 Å². The molecule has 0 aliphatic carbocycles. The number of aliphatic hydroxyl groups is 1. The first-order valence-electron chi connectivity index (χ1n) is 10.9. The maximum atomic E-state index is 13.4. The average molecular weight is 452 g/mol. The summed E-state index contributed by atoms with van der Waals surface area (Å²) < 4.78 is 13.4. The Kier molecular flexibility index (Phi) is 8.22. The van der Waals surface area contributed by atoms with Gasteiger partial charge >= 0.3 is 0 Å². The van der Waals surface area contributed by atoms with Gasteiger partial charge in [0.05, 0.1) is 23.2 Å². The van der Waals surface area contributed by atoms with Crippen LogP contribution in [0.15, 0.2) is 24.3 Å². The van der Waals surface area contributed by atoms with Gasteiger partial charge in [0.1, 0.15) is 5.82 Å². The number of nitrogens with one attached hydrogen (secondary N) is 1. The van der Waals surface area contributed by atoms with E-state index >= 15 is 0 Å². The average Bonchev–Trinajstić information content (AvgIpc) is 2.74. The van der Waals surface area contributed by atoms with Crippen LogP contribution in [0.25, 0.3) is 6.08 Å². The Bertz CT molecular complexity index is 834. The molecule has 2 fully saturated rings. The van der Waals surface area contributed by atoms with Crippen molar-refractivity contribution in [2.24, 2.45) is 5.92 Å². The Labute approximate surface area is 188 Å². The number of hydrogen-bond donors (Lipinski definition) is 2. The van der Waals surface area contributed by atoms with Crippen molar-refractivity contribution in [2.75, 3.05) is 32.7 Å². The number of carbonyl (C=O) groups is 2. The molecule has 6 nitrogen and oxygen atoms in total. The van der Waals surface area contributed by atoms with Crippen LogP contribution in [-0.2, 0) is 9.59 Å². The lowest BCUT2D eigenvalue weighted by atomic mass is 9.93. The Balaban J connectivity index is 1.72. The van der Waals surface area contributed by atoms with E-state index < -0.39 is 18.0 Å². The van der Waals surface area contributed by atoms with Crippen molar-refractivity contribution in [1.29, 1.82) is 0 Å². The summed E-state index contributed by atoms with van der Waals surface area (Å²) in [6.45, 7) is 7.04. The molecule has 2 saturated heterocycles. The molecule has 31 heavy (non-hydrogen) atoms. The predicted molar refractivity (Wildman–Crippen MR) is 119 cm³/mol. The third-order valence-electron chi connectivity index (χ3n) is 6.42. The molecule has 2 heterocycles. The van der Waals surface area contributed by atoms with Crippen molar-refractivity contribution >= 4 is 29.4 Å². The second-order valence-corrected chi connectivity index (χ2v) is 8.95. The van der Waals surface area contributed by atoms with Gasteiger partial charge in [0, 0.05) is 26.2 Å². The number of β-amino-alcohol motifs (C(OH)–C–C–N with tert-alkyl or cyclic N) is 1. The number of rotatable bonds is 7. The highest BCUT2D eigenvalue weighted by atomic mass is 35.5. The van der Waals surface area contributed by atoms with Gasteiger partial charge in [0.25, 0.3) is 0 Å². The Morgan fingerprint density at radius 2 is 2.16 bits per heavy atom. The topological polar surface area (TPSA) is 72.9 Å². The number of aliphatic hydroxyl groups excluding tert-OH is 1. The number of hydrogen-bond acceptors (Lipinski definition) is 5. The molecule has 1 aromatic carbocycles. The first kappa shape index (κ1) is 23.9. The van der Waals surface area contributed by atoms with E-state index in [9.17, 15) is 19.1 Å². The maximum absolute atomic E-state index is 13.4. The van der Waals surface area contributed by atoms with E-state index in [0.717, 1.165) is 19.5 Å². The number of carbonyl (C=O) groups excluding carboxylic acids is 2. The quantitative estimate of drug-likeness (QED) is 0.622. The van der Waals surface area contributed by atoms with Crippen LogP contribution in [-0.4, -0.2) is 77.5 Å². The fraction of sp³-hybridized carbons (Fsp3) is 0.565. The lowest BCUT2D eigenvalue weighted by Gasteiger charge is -2.40.